The molecular weight excluding hydrogens is 332 g/mol. The number of hydrogen-bond donors (Lipinski definition) is 0. The van der Waals surface area contributed by atoms with E-state index in [4.69, 9.17) is 19.4 Å². The molecule has 3 heterocycles. The van der Waals surface area contributed by atoms with Gasteiger partial charge in [0.25, 0.3) is 5.91 Å². The molecule has 7 heteroatoms. The first-order valence-electron chi connectivity index (χ1n) is 8.40. The standard InChI is InChI=1S/C19H16N4O3/c1-22-8-9-23(18-17(22)20-13-4-2-3-5-14(13)21-18)19(24)12-6-7-15-16(10-12)26-11-25-15/h2-7,10H,8-9,11H2,1H3. The van der Waals surface area contributed by atoms with E-state index in [1.165, 1.54) is 0 Å². The van der Waals surface area contributed by atoms with E-state index in [0.717, 1.165) is 11.0 Å². The Morgan fingerprint density at radius 3 is 2.50 bits per heavy atom. The maximum atomic E-state index is 13.1. The van der Waals surface area contributed by atoms with Gasteiger partial charge in [-0.25, -0.2) is 9.97 Å². The molecule has 0 fully saturated rings. The summed E-state index contributed by atoms with van der Waals surface area (Å²) >= 11 is 0. The number of ether oxygens (including phenoxy) is 2. The van der Waals surface area contributed by atoms with Crippen LogP contribution >= 0.6 is 0 Å². The molecule has 1 aromatic heterocycles. The van der Waals surface area contributed by atoms with Gasteiger partial charge in [0.2, 0.25) is 6.79 Å². The van der Waals surface area contributed by atoms with Gasteiger partial charge in [0.15, 0.2) is 23.1 Å². The van der Waals surface area contributed by atoms with Crippen molar-refractivity contribution in [1.82, 2.24) is 9.97 Å². The number of fused-ring (bicyclic) bond motifs is 3. The fraction of sp³-hybridized carbons (Fsp3) is 0.211. The average molecular weight is 348 g/mol. The number of carbonyl (C=O) groups excluding carboxylic acids is 1. The zero-order chi connectivity index (χ0) is 17.7. The molecule has 0 unspecified atom stereocenters. The van der Waals surface area contributed by atoms with Crippen molar-refractivity contribution in [3.8, 4) is 11.5 Å². The number of hydrogen-bond acceptors (Lipinski definition) is 6. The van der Waals surface area contributed by atoms with Gasteiger partial charge in [0, 0.05) is 25.7 Å². The largest absolute Gasteiger partial charge is 0.454 e. The summed E-state index contributed by atoms with van der Waals surface area (Å²) in [6.07, 6.45) is 0. The quantitative estimate of drug-likeness (QED) is 0.673. The molecular formula is C19H16N4O3. The summed E-state index contributed by atoms with van der Waals surface area (Å²) < 4.78 is 10.7. The van der Waals surface area contributed by atoms with Crippen LogP contribution in [0, 0.1) is 0 Å². The lowest BCUT2D eigenvalue weighted by Gasteiger charge is -2.33. The van der Waals surface area contributed by atoms with E-state index in [0.29, 0.717) is 41.8 Å². The first kappa shape index (κ1) is 14.9. The number of rotatable bonds is 1. The van der Waals surface area contributed by atoms with Gasteiger partial charge in [-0.2, -0.15) is 0 Å². The molecule has 130 valence electrons. The van der Waals surface area contributed by atoms with Crippen LogP contribution in [0.3, 0.4) is 0 Å². The summed E-state index contributed by atoms with van der Waals surface area (Å²) in [5.74, 6) is 2.42. The molecule has 2 aromatic carbocycles. The highest BCUT2D eigenvalue weighted by atomic mass is 16.7. The van der Waals surface area contributed by atoms with Crippen LogP contribution in [0.25, 0.3) is 11.0 Å². The highest BCUT2D eigenvalue weighted by molar-refractivity contribution is 6.08. The Morgan fingerprint density at radius 2 is 1.69 bits per heavy atom. The molecule has 2 aliphatic rings. The minimum Gasteiger partial charge on any atom is -0.454 e. The lowest BCUT2D eigenvalue weighted by Crippen LogP contribution is -2.43. The molecule has 0 radical (unpaired) electrons. The van der Waals surface area contributed by atoms with E-state index in [9.17, 15) is 4.79 Å². The van der Waals surface area contributed by atoms with Crippen molar-refractivity contribution in [2.45, 2.75) is 0 Å². The highest BCUT2D eigenvalue weighted by Crippen LogP contribution is 2.35. The van der Waals surface area contributed by atoms with Gasteiger partial charge in [0.05, 0.1) is 11.0 Å². The Kier molecular flexibility index (Phi) is 3.21. The van der Waals surface area contributed by atoms with Crippen molar-refractivity contribution in [3.05, 3.63) is 48.0 Å². The topological polar surface area (TPSA) is 67.8 Å². The van der Waals surface area contributed by atoms with E-state index in [2.05, 4.69) is 0 Å². The molecule has 0 saturated carbocycles. The van der Waals surface area contributed by atoms with Crippen LogP contribution in [0.15, 0.2) is 42.5 Å². The van der Waals surface area contributed by atoms with Crippen molar-refractivity contribution < 1.29 is 14.3 Å². The maximum Gasteiger partial charge on any atom is 0.259 e. The van der Waals surface area contributed by atoms with Crippen LogP contribution in [0.1, 0.15) is 10.4 Å². The number of aromatic nitrogens is 2. The zero-order valence-corrected chi connectivity index (χ0v) is 14.2. The average Bonchev–Trinajstić information content (AvgIpc) is 3.14. The minimum atomic E-state index is -0.123. The van der Waals surface area contributed by atoms with E-state index in [-0.39, 0.29) is 12.7 Å². The lowest BCUT2D eigenvalue weighted by molar-refractivity contribution is 0.0985. The van der Waals surface area contributed by atoms with Gasteiger partial charge in [-0.15, -0.1) is 0 Å². The lowest BCUT2D eigenvalue weighted by atomic mass is 10.1. The molecule has 0 bridgehead atoms. The summed E-state index contributed by atoms with van der Waals surface area (Å²) in [5.41, 5.74) is 2.13. The van der Waals surface area contributed by atoms with Crippen molar-refractivity contribution >= 4 is 28.6 Å². The SMILES string of the molecule is CN1CCN(C(=O)c2ccc3c(c2)OCO3)c2nc3ccccc3nc21. The molecule has 7 nitrogen and oxygen atoms in total. The Hall–Kier alpha value is -3.35. The summed E-state index contributed by atoms with van der Waals surface area (Å²) in [5, 5.41) is 0. The van der Waals surface area contributed by atoms with Crippen molar-refractivity contribution in [3.63, 3.8) is 0 Å². The second-order valence-corrected chi connectivity index (χ2v) is 6.31. The number of amides is 1. The Bertz CT molecular complexity index is 1040. The number of likely N-dealkylation sites (N-methyl/N-ethyl adjacent to an activating group) is 1. The van der Waals surface area contributed by atoms with Gasteiger partial charge in [-0.1, -0.05) is 12.1 Å². The monoisotopic (exact) mass is 348 g/mol. The second-order valence-electron chi connectivity index (χ2n) is 6.31. The summed E-state index contributed by atoms with van der Waals surface area (Å²) in [6, 6.07) is 12.9. The van der Waals surface area contributed by atoms with Crippen molar-refractivity contribution in [1.29, 1.82) is 0 Å². The van der Waals surface area contributed by atoms with E-state index in [1.807, 2.05) is 36.2 Å². The Morgan fingerprint density at radius 1 is 0.962 bits per heavy atom. The first-order valence-corrected chi connectivity index (χ1v) is 8.40. The van der Waals surface area contributed by atoms with Gasteiger partial charge in [0.1, 0.15) is 0 Å². The van der Waals surface area contributed by atoms with E-state index in [1.54, 1.807) is 23.1 Å². The maximum absolute atomic E-state index is 13.1. The number of carbonyl (C=O) groups is 1. The van der Waals surface area contributed by atoms with Gasteiger partial charge in [-0.05, 0) is 30.3 Å². The van der Waals surface area contributed by atoms with Crippen LogP contribution in [0.5, 0.6) is 11.5 Å². The molecule has 5 rings (SSSR count). The zero-order valence-electron chi connectivity index (χ0n) is 14.2. The molecule has 0 atom stereocenters. The van der Waals surface area contributed by atoms with Crippen LogP contribution in [-0.2, 0) is 0 Å². The number of para-hydroxylation sites is 2. The number of nitrogens with zero attached hydrogens (tertiary/aromatic N) is 4. The second kappa shape index (κ2) is 5.59. The minimum absolute atomic E-state index is 0.123. The first-order chi connectivity index (χ1) is 12.7. The van der Waals surface area contributed by atoms with Gasteiger partial charge >= 0.3 is 0 Å². The molecule has 26 heavy (non-hydrogen) atoms. The molecule has 0 N–H and O–H groups in total. The van der Waals surface area contributed by atoms with Crippen LogP contribution < -0.4 is 19.3 Å². The predicted octanol–water partition coefficient (Wildman–Crippen LogP) is 2.46. The third-order valence-electron chi connectivity index (χ3n) is 4.68. The molecule has 3 aromatic rings. The third kappa shape index (κ3) is 2.24. The molecule has 0 spiro atoms. The van der Waals surface area contributed by atoms with E-state index < -0.39 is 0 Å². The smallest absolute Gasteiger partial charge is 0.259 e. The highest BCUT2D eigenvalue weighted by Gasteiger charge is 2.30. The Balaban J connectivity index is 1.59. The summed E-state index contributed by atoms with van der Waals surface area (Å²) in [4.78, 5) is 26.3. The third-order valence-corrected chi connectivity index (χ3v) is 4.68. The molecule has 0 saturated heterocycles. The Labute approximate surface area is 149 Å². The van der Waals surface area contributed by atoms with Crippen LogP contribution in [-0.4, -0.2) is 42.8 Å². The van der Waals surface area contributed by atoms with Crippen molar-refractivity contribution in [2.75, 3.05) is 36.7 Å². The molecule has 1 amide bonds. The van der Waals surface area contributed by atoms with Gasteiger partial charge in [-0.3, -0.25) is 9.69 Å². The fourth-order valence-electron chi connectivity index (χ4n) is 3.26. The number of benzene rings is 2. The van der Waals surface area contributed by atoms with Gasteiger partial charge < -0.3 is 14.4 Å². The summed E-state index contributed by atoms with van der Waals surface area (Å²) in [7, 11) is 1.96. The summed E-state index contributed by atoms with van der Waals surface area (Å²) in [6.45, 7) is 1.42. The van der Waals surface area contributed by atoms with Crippen LogP contribution in [0.2, 0.25) is 0 Å². The number of anilines is 2. The predicted molar refractivity (Wildman–Crippen MR) is 97.0 cm³/mol. The van der Waals surface area contributed by atoms with Crippen LogP contribution in [0.4, 0.5) is 11.6 Å². The van der Waals surface area contributed by atoms with Crippen molar-refractivity contribution in [2.24, 2.45) is 0 Å². The molecule has 0 aliphatic carbocycles. The normalized spacial score (nSPS) is 15.3. The fourth-order valence-corrected chi connectivity index (χ4v) is 3.26. The molecule has 2 aliphatic heterocycles. The van der Waals surface area contributed by atoms with E-state index >= 15 is 0 Å².